The molecule has 94 valence electrons. The molecule has 3 N–H and O–H groups in total. The van der Waals surface area contributed by atoms with E-state index in [0.29, 0.717) is 5.92 Å². The number of carbonyl (C=O) groups is 1. The Bertz CT molecular complexity index is 202. The molecule has 0 aromatic rings. The Morgan fingerprint density at radius 3 is 2.62 bits per heavy atom. The third-order valence-corrected chi connectivity index (χ3v) is 2.59. The van der Waals surface area contributed by atoms with E-state index >= 15 is 0 Å². The fourth-order valence-corrected chi connectivity index (χ4v) is 1.62. The highest BCUT2D eigenvalue weighted by molar-refractivity contribution is 5.73. The molecule has 5 heteroatoms. The van der Waals surface area contributed by atoms with Crippen LogP contribution >= 0.6 is 0 Å². The lowest BCUT2D eigenvalue weighted by molar-refractivity contribution is 0.226. The third-order valence-electron chi connectivity index (χ3n) is 2.59. The molecule has 1 heterocycles. The maximum absolute atomic E-state index is 11.3. The van der Waals surface area contributed by atoms with Crippen LogP contribution in [0.1, 0.15) is 13.8 Å². The van der Waals surface area contributed by atoms with Crippen molar-refractivity contribution in [1.82, 2.24) is 20.9 Å². The molecule has 16 heavy (non-hydrogen) atoms. The molecule has 1 saturated heterocycles. The van der Waals surface area contributed by atoms with Crippen LogP contribution in [0.5, 0.6) is 0 Å². The van der Waals surface area contributed by atoms with Gasteiger partial charge in [-0.15, -0.1) is 0 Å². The van der Waals surface area contributed by atoms with E-state index in [2.05, 4.69) is 34.7 Å². The first-order valence-electron chi connectivity index (χ1n) is 6.13. The minimum absolute atomic E-state index is 0.0520. The van der Waals surface area contributed by atoms with Crippen molar-refractivity contribution in [2.75, 3.05) is 45.8 Å². The Balaban J connectivity index is 1.99. The van der Waals surface area contributed by atoms with Crippen LogP contribution in [0.2, 0.25) is 0 Å². The number of urea groups is 1. The Hall–Kier alpha value is -0.810. The van der Waals surface area contributed by atoms with Gasteiger partial charge in [-0.1, -0.05) is 13.8 Å². The van der Waals surface area contributed by atoms with Crippen LogP contribution in [0.3, 0.4) is 0 Å². The molecule has 0 spiro atoms. The van der Waals surface area contributed by atoms with Crippen LogP contribution in [0, 0.1) is 5.92 Å². The third kappa shape index (κ3) is 5.92. The van der Waals surface area contributed by atoms with Gasteiger partial charge in [0.2, 0.25) is 0 Å². The molecule has 0 unspecified atom stereocenters. The zero-order valence-electron chi connectivity index (χ0n) is 10.4. The van der Waals surface area contributed by atoms with Crippen molar-refractivity contribution in [2.45, 2.75) is 13.8 Å². The zero-order valence-corrected chi connectivity index (χ0v) is 10.4. The second kappa shape index (κ2) is 7.46. The van der Waals surface area contributed by atoms with Gasteiger partial charge >= 0.3 is 6.03 Å². The fraction of sp³-hybridized carbons (Fsp3) is 0.909. The van der Waals surface area contributed by atoms with Crippen molar-refractivity contribution in [3.05, 3.63) is 0 Å². The first kappa shape index (κ1) is 13.3. The second-order valence-electron chi connectivity index (χ2n) is 4.62. The number of hydrogen-bond donors (Lipinski definition) is 3. The molecular formula is C11H24N4O. The van der Waals surface area contributed by atoms with Crippen LogP contribution in [0.25, 0.3) is 0 Å². The van der Waals surface area contributed by atoms with Crippen LogP contribution in [0.15, 0.2) is 0 Å². The Kier molecular flexibility index (Phi) is 6.18. The van der Waals surface area contributed by atoms with Crippen molar-refractivity contribution < 1.29 is 4.79 Å². The lowest BCUT2D eigenvalue weighted by Crippen LogP contribution is -2.47. The molecule has 2 amide bonds. The van der Waals surface area contributed by atoms with E-state index in [1.165, 1.54) is 0 Å². The fourth-order valence-electron chi connectivity index (χ4n) is 1.62. The maximum Gasteiger partial charge on any atom is 0.314 e. The number of carbonyl (C=O) groups excluding carboxylic acids is 1. The highest BCUT2D eigenvalue weighted by Gasteiger charge is 2.09. The van der Waals surface area contributed by atoms with Crippen molar-refractivity contribution in [2.24, 2.45) is 5.92 Å². The number of nitrogens with one attached hydrogen (secondary N) is 3. The first-order valence-corrected chi connectivity index (χ1v) is 6.13. The van der Waals surface area contributed by atoms with Crippen molar-refractivity contribution >= 4 is 6.03 Å². The van der Waals surface area contributed by atoms with Crippen LogP contribution in [-0.4, -0.2) is 56.7 Å². The molecule has 0 aromatic heterocycles. The van der Waals surface area contributed by atoms with Gasteiger partial charge in [0.05, 0.1) is 0 Å². The summed E-state index contributed by atoms with van der Waals surface area (Å²) >= 11 is 0. The van der Waals surface area contributed by atoms with Gasteiger partial charge in [0.25, 0.3) is 0 Å². The molecule has 1 fully saturated rings. The van der Waals surface area contributed by atoms with Gasteiger partial charge in [0, 0.05) is 45.8 Å². The predicted octanol–water partition coefficient (Wildman–Crippen LogP) is -0.153. The molecule has 0 radical (unpaired) electrons. The summed E-state index contributed by atoms with van der Waals surface area (Å²) < 4.78 is 0. The summed E-state index contributed by atoms with van der Waals surface area (Å²) in [4.78, 5) is 13.7. The summed E-state index contributed by atoms with van der Waals surface area (Å²) in [7, 11) is 0. The lowest BCUT2D eigenvalue weighted by Gasteiger charge is -2.27. The summed E-state index contributed by atoms with van der Waals surface area (Å²) in [6.45, 7) is 10.8. The van der Waals surface area contributed by atoms with E-state index in [1.807, 2.05) is 0 Å². The van der Waals surface area contributed by atoms with Crippen molar-refractivity contribution in [3.63, 3.8) is 0 Å². The van der Waals surface area contributed by atoms with Crippen molar-refractivity contribution in [3.8, 4) is 0 Å². The van der Waals surface area contributed by atoms with Gasteiger partial charge in [0.1, 0.15) is 0 Å². The zero-order chi connectivity index (χ0) is 11.8. The minimum atomic E-state index is -0.0520. The van der Waals surface area contributed by atoms with Gasteiger partial charge in [-0.2, -0.15) is 0 Å². The van der Waals surface area contributed by atoms with Gasteiger partial charge in [-0.25, -0.2) is 4.79 Å². The summed E-state index contributed by atoms with van der Waals surface area (Å²) in [5.41, 5.74) is 0. The Labute approximate surface area is 98.0 Å². The van der Waals surface area contributed by atoms with E-state index in [1.54, 1.807) is 0 Å². The van der Waals surface area contributed by atoms with E-state index in [4.69, 9.17) is 0 Å². The highest BCUT2D eigenvalue weighted by atomic mass is 16.2. The van der Waals surface area contributed by atoms with E-state index in [9.17, 15) is 4.79 Å². The number of nitrogens with zero attached hydrogens (tertiary/aromatic N) is 1. The summed E-state index contributed by atoms with van der Waals surface area (Å²) in [6, 6.07) is -0.0520. The largest absolute Gasteiger partial charge is 0.338 e. The van der Waals surface area contributed by atoms with Crippen molar-refractivity contribution in [1.29, 1.82) is 0 Å². The van der Waals surface area contributed by atoms with Gasteiger partial charge < -0.3 is 16.0 Å². The molecule has 0 aromatic carbocycles. The smallest absolute Gasteiger partial charge is 0.314 e. The highest BCUT2D eigenvalue weighted by Crippen LogP contribution is 1.90. The lowest BCUT2D eigenvalue weighted by atomic mass is 10.2. The predicted molar refractivity (Wildman–Crippen MR) is 65.5 cm³/mol. The van der Waals surface area contributed by atoms with E-state index < -0.39 is 0 Å². The maximum atomic E-state index is 11.3. The monoisotopic (exact) mass is 228 g/mol. The minimum Gasteiger partial charge on any atom is -0.338 e. The van der Waals surface area contributed by atoms with Gasteiger partial charge in [-0.3, -0.25) is 4.90 Å². The molecular weight excluding hydrogens is 204 g/mol. The van der Waals surface area contributed by atoms with Crippen LogP contribution in [0.4, 0.5) is 4.79 Å². The molecule has 5 nitrogen and oxygen atoms in total. The molecule has 1 aliphatic rings. The number of hydrogen-bond acceptors (Lipinski definition) is 3. The van der Waals surface area contributed by atoms with E-state index in [-0.39, 0.29) is 6.03 Å². The van der Waals surface area contributed by atoms with Gasteiger partial charge in [-0.05, 0) is 5.92 Å². The second-order valence-corrected chi connectivity index (χ2v) is 4.62. The molecule has 0 atom stereocenters. The van der Waals surface area contributed by atoms with Crippen LogP contribution in [-0.2, 0) is 0 Å². The first-order chi connectivity index (χ1) is 7.68. The molecule has 0 aliphatic carbocycles. The number of rotatable bonds is 5. The summed E-state index contributed by atoms with van der Waals surface area (Å²) in [6.07, 6.45) is 0. The molecule has 0 saturated carbocycles. The Morgan fingerprint density at radius 2 is 2.00 bits per heavy atom. The standard InChI is InChI=1S/C11H24N4O/c1-10(2)9-14-11(16)13-5-8-15-6-3-12-4-7-15/h10,12H,3-9H2,1-2H3,(H2,13,14,16). The molecule has 1 aliphatic heterocycles. The quantitative estimate of drug-likeness (QED) is 0.613. The summed E-state index contributed by atoms with van der Waals surface area (Å²) in [5, 5.41) is 9.02. The normalized spacial score (nSPS) is 17.4. The van der Waals surface area contributed by atoms with E-state index in [0.717, 1.165) is 45.8 Å². The average molecular weight is 228 g/mol. The van der Waals surface area contributed by atoms with Gasteiger partial charge in [0.15, 0.2) is 0 Å². The number of amides is 2. The molecule has 0 bridgehead atoms. The summed E-state index contributed by atoms with van der Waals surface area (Å²) in [5.74, 6) is 0.499. The molecule has 1 rings (SSSR count). The average Bonchev–Trinajstić information content (AvgIpc) is 2.28. The SMILES string of the molecule is CC(C)CNC(=O)NCCN1CCNCC1. The number of piperazine rings is 1. The Morgan fingerprint density at radius 1 is 1.31 bits per heavy atom. The van der Waals surface area contributed by atoms with Crippen LogP contribution < -0.4 is 16.0 Å². The topological polar surface area (TPSA) is 56.4 Å².